The van der Waals surface area contributed by atoms with Gasteiger partial charge >= 0.3 is 0 Å². The van der Waals surface area contributed by atoms with E-state index < -0.39 is 15.4 Å². The van der Waals surface area contributed by atoms with Crippen molar-refractivity contribution >= 4 is 33.0 Å². The van der Waals surface area contributed by atoms with Crippen LogP contribution in [0.15, 0.2) is 46.0 Å². The number of ether oxygens (including phenoxy) is 1. The highest BCUT2D eigenvalue weighted by Gasteiger charge is 2.51. The Kier molecular flexibility index (Phi) is 4.96. The third-order valence-corrected chi connectivity index (χ3v) is 7.93. The van der Waals surface area contributed by atoms with Crippen LogP contribution < -0.4 is 10.0 Å². The zero-order valence-corrected chi connectivity index (χ0v) is 16.4. The van der Waals surface area contributed by atoms with Crippen LogP contribution in [0.1, 0.15) is 31.2 Å². The number of benzene rings is 1. The van der Waals surface area contributed by atoms with Crippen LogP contribution >= 0.6 is 11.3 Å². The number of anilines is 1. The fourth-order valence-corrected chi connectivity index (χ4v) is 5.48. The van der Waals surface area contributed by atoms with E-state index in [9.17, 15) is 13.2 Å². The van der Waals surface area contributed by atoms with Gasteiger partial charge in [-0.25, -0.2) is 8.42 Å². The average Bonchev–Trinajstić information content (AvgIpc) is 3.07. The van der Waals surface area contributed by atoms with Crippen molar-refractivity contribution in [3.05, 3.63) is 47.3 Å². The molecule has 0 bridgehead atoms. The van der Waals surface area contributed by atoms with Crippen molar-refractivity contribution in [2.75, 3.05) is 17.9 Å². The Morgan fingerprint density at radius 3 is 2.59 bits per heavy atom. The Bertz CT molecular complexity index is 898. The largest absolute Gasteiger partial charge is 0.376 e. The Hall–Kier alpha value is -1.90. The molecule has 2 heterocycles. The van der Waals surface area contributed by atoms with Gasteiger partial charge in [0.25, 0.3) is 10.0 Å². The first-order valence-electron chi connectivity index (χ1n) is 9.06. The van der Waals surface area contributed by atoms with Crippen LogP contribution in [0.4, 0.5) is 5.69 Å². The maximum Gasteiger partial charge on any atom is 0.271 e. The summed E-state index contributed by atoms with van der Waals surface area (Å²) in [7, 11) is -3.56. The third-order valence-electron chi connectivity index (χ3n) is 5.15. The lowest BCUT2D eigenvalue weighted by Gasteiger charge is -2.18. The molecule has 0 unspecified atom stereocenters. The van der Waals surface area contributed by atoms with Gasteiger partial charge in [0.1, 0.15) is 4.21 Å². The molecule has 1 atom stereocenters. The van der Waals surface area contributed by atoms with E-state index in [-0.39, 0.29) is 16.2 Å². The summed E-state index contributed by atoms with van der Waals surface area (Å²) in [4.78, 5) is 12.7. The second-order valence-electron chi connectivity index (χ2n) is 7.04. The monoisotopic (exact) mass is 406 g/mol. The van der Waals surface area contributed by atoms with Gasteiger partial charge in [0.15, 0.2) is 0 Å². The van der Waals surface area contributed by atoms with Gasteiger partial charge < -0.3 is 10.1 Å². The number of carbonyl (C=O) groups is 1. The van der Waals surface area contributed by atoms with E-state index in [2.05, 4.69) is 10.0 Å². The van der Waals surface area contributed by atoms with Crippen LogP contribution in [-0.4, -0.2) is 33.6 Å². The first-order valence-corrected chi connectivity index (χ1v) is 11.4. The van der Waals surface area contributed by atoms with Crippen molar-refractivity contribution in [2.24, 2.45) is 0 Å². The molecule has 1 aliphatic heterocycles. The molecular weight excluding hydrogens is 384 g/mol. The SMILES string of the molecule is O=C(NC[C@@H]1CCCO1)C1(c2ccc(NS(=O)(=O)c3cccs3)cc2)CC1. The number of amides is 1. The van der Waals surface area contributed by atoms with Crippen molar-refractivity contribution in [3.8, 4) is 0 Å². The molecule has 2 N–H and O–H groups in total. The van der Waals surface area contributed by atoms with E-state index in [1.165, 1.54) is 11.3 Å². The maximum absolute atomic E-state index is 12.7. The lowest BCUT2D eigenvalue weighted by molar-refractivity contribution is -0.124. The molecule has 1 saturated heterocycles. The topological polar surface area (TPSA) is 84.5 Å². The fourth-order valence-electron chi connectivity index (χ4n) is 3.43. The minimum absolute atomic E-state index is 0.0323. The van der Waals surface area contributed by atoms with Gasteiger partial charge in [-0.1, -0.05) is 18.2 Å². The second kappa shape index (κ2) is 7.26. The summed E-state index contributed by atoms with van der Waals surface area (Å²) >= 11 is 1.17. The lowest BCUT2D eigenvalue weighted by Crippen LogP contribution is -2.39. The average molecular weight is 407 g/mol. The zero-order chi connectivity index (χ0) is 18.9. The van der Waals surface area contributed by atoms with Gasteiger partial charge in [0.2, 0.25) is 5.91 Å². The van der Waals surface area contributed by atoms with E-state index in [0.29, 0.717) is 12.2 Å². The molecule has 2 aromatic rings. The molecule has 27 heavy (non-hydrogen) atoms. The normalized spacial score (nSPS) is 21.0. The van der Waals surface area contributed by atoms with Crippen molar-refractivity contribution in [1.29, 1.82) is 0 Å². The predicted molar refractivity (Wildman–Crippen MR) is 104 cm³/mol. The first kappa shape index (κ1) is 18.5. The van der Waals surface area contributed by atoms with Crippen LogP contribution in [0, 0.1) is 0 Å². The molecule has 8 heteroatoms. The van der Waals surface area contributed by atoms with Gasteiger partial charge in [0.05, 0.1) is 11.5 Å². The van der Waals surface area contributed by atoms with E-state index in [0.717, 1.165) is 37.9 Å². The van der Waals surface area contributed by atoms with Crippen LogP contribution in [0.5, 0.6) is 0 Å². The number of hydrogen-bond donors (Lipinski definition) is 2. The molecule has 144 valence electrons. The van der Waals surface area contributed by atoms with Crippen molar-refractivity contribution in [1.82, 2.24) is 5.32 Å². The maximum atomic E-state index is 12.7. The van der Waals surface area contributed by atoms with Gasteiger partial charge in [-0.15, -0.1) is 11.3 Å². The predicted octanol–water partition coefficient (Wildman–Crippen LogP) is 2.88. The summed E-state index contributed by atoms with van der Waals surface area (Å²) < 4.78 is 33.0. The van der Waals surface area contributed by atoms with Crippen molar-refractivity contribution in [2.45, 2.75) is 41.4 Å². The van der Waals surface area contributed by atoms with Crippen LogP contribution in [-0.2, 0) is 25.0 Å². The first-order chi connectivity index (χ1) is 13.0. The molecule has 6 nitrogen and oxygen atoms in total. The summed E-state index contributed by atoms with van der Waals surface area (Å²) in [5.41, 5.74) is 0.929. The minimum atomic E-state index is -3.56. The van der Waals surface area contributed by atoms with E-state index in [4.69, 9.17) is 4.74 Å². The summed E-state index contributed by atoms with van der Waals surface area (Å²) in [5.74, 6) is 0.0323. The minimum Gasteiger partial charge on any atom is -0.376 e. The zero-order valence-electron chi connectivity index (χ0n) is 14.8. The molecular formula is C19H22N2O4S2. The standard InChI is InChI=1S/C19H22N2O4S2/c22-18(20-13-16-3-1-11-25-16)19(9-10-19)14-5-7-15(8-6-14)21-27(23,24)17-4-2-12-26-17/h2,4-8,12,16,21H,1,3,9-11,13H2,(H,20,22)/t16-/m0/s1. The van der Waals surface area contributed by atoms with Gasteiger partial charge in [-0.3, -0.25) is 9.52 Å². The number of thiophene rings is 1. The lowest BCUT2D eigenvalue weighted by atomic mass is 9.94. The number of rotatable bonds is 7. The van der Waals surface area contributed by atoms with E-state index in [1.54, 1.807) is 29.6 Å². The number of hydrogen-bond acceptors (Lipinski definition) is 5. The molecule has 2 fully saturated rings. The molecule has 1 amide bonds. The highest BCUT2D eigenvalue weighted by molar-refractivity contribution is 7.94. The Morgan fingerprint density at radius 1 is 1.22 bits per heavy atom. The molecule has 1 aromatic carbocycles. The number of nitrogens with one attached hydrogen (secondary N) is 2. The summed E-state index contributed by atoms with van der Waals surface area (Å²) in [6, 6.07) is 10.4. The highest BCUT2D eigenvalue weighted by Crippen LogP contribution is 2.48. The quantitative estimate of drug-likeness (QED) is 0.741. The molecule has 2 aliphatic rings. The fraction of sp³-hybridized carbons (Fsp3) is 0.421. The third kappa shape index (κ3) is 3.88. The molecule has 1 aliphatic carbocycles. The summed E-state index contributed by atoms with van der Waals surface area (Å²) in [6.45, 7) is 1.33. The molecule has 0 spiro atoms. The summed E-state index contributed by atoms with van der Waals surface area (Å²) in [5, 5.41) is 4.75. The van der Waals surface area contributed by atoms with Gasteiger partial charge in [0, 0.05) is 18.8 Å². The number of sulfonamides is 1. The smallest absolute Gasteiger partial charge is 0.271 e. The summed E-state index contributed by atoms with van der Waals surface area (Å²) in [6.07, 6.45) is 3.79. The second-order valence-corrected chi connectivity index (χ2v) is 9.90. The highest BCUT2D eigenvalue weighted by atomic mass is 32.2. The van der Waals surface area contributed by atoms with E-state index >= 15 is 0 Å². The molecule has 1 saturated carbocycles. The Balaban J connectivity index is 1.41. The van der Waals surface area contributed by atoms with Crippen molar-refractivity contribution in [3.63, 3.8) is 0 Å². The van der Waals surface area contributed by atoms with Gasteiger partial charge in [-0.05, 0) is 54.8 Å². The van der Waals surface area contributed by atoms with Crippen LogP contribution in [0.2, 0.25) is 0 Å². The Labute approximate surface area is 163 Å². The molecule has 1 aromatic heterocycles. The van der Waals surface area contributed by atoms with Gasteiger partial charge in [-0.2, -0.15) is 0 Å². The molecule has 0 radical (unpaired) electrons. The molecule has 4 rings (SSSR count). The van der Waals surface area contributed by atoms with Crippen molar-refractivity contribution < 1.29 is 17.9 Å². The van der Waals surface area contributed by atoms with E-state index in [1.807, 2.05) is 12.1 Å². The number of carbonyl (C=O) groups excluding carboxylic acids is 1. The van der Waals surface area contributed by atoms with Crippen LogP contribution in [0.25, 0.3) is 0 Å². The van der Waals surface area contributed by atoms with Crippen LogP contribution in [0.3, 0.4) is 0 Å². The Morgan fingerprint density at radius 2 is 2.00 bits per heavy atom.